The highest BCUT2D eigenvalue weighted by Crippen LogP contribution is 2.33. The molecule has 0 heterocycles. The van der Waals surface area contributed by atoms with Crippen molar-refractivity contribution in [2.24, 2.45) is 11.5 Å². The van der Waals surface area contributed by atoms with Crippen LogP contribution >= 0.6 is 30.4 Å². The zero-order valence-electron chi connectivity index (χ0n) is 16.4. The van der Waals surface area contributed by atoms with Gasteiger partial charge in [-0.25, -0.2) is 0 Å². The summed E-state index contributed by atoms with van der Waals surface area (Å²) in [6, 6.07) is 0. The Hall–Kier alpha value is 0.520. The van der Waals surface area contributed by atoms with E-state index in [0.717, 1.165) is 0 Å². The molecule has 0 unspecified atom stereocenters. The number of nitrogens with two attached hydrogens (primary N) is 2. The molecular weight excluding hydrogens is 464 g/mol. The van der Waals surface area contributed by atoms with Gasteiger partial charge in [-0.1, -0.05) is 27.7 Å². The summed E-state index contributed by atoms with van der Waals surface area (Å²) in [6.07, 6.45) is -0.250. The highest BCUT2D eigenvalue weighted by molar-refractivity contribution is 7.52. The molecule has 0 aliphatic carbocycles. The van der Waals surface area contributed by atoms with Crippen molar-refractivity contribution in [3.05, 3.63) is 0 Å². The SMILES string of the molecule is CCP(=O)(O)O.CCP(=O)(O)O.CCP(=O)(O)O.CCP(=O)(O)O.NCCN. The minimum Gasteiger partial charge on any atom is -0.329 e. The van der Waals surface area contributed by atoms with Crippen molar-refractivity contribution in [3.8, 4) is 0 Å². The van der Waals surface area contributed by atoms with E-state index in [1.54, 1.807) is 0 Å². The summed E-state index contributed by atoms with van der Waals surface area (Å²) in [6.45, 7) is 6.98. The third kappa shape index (κ3) is 94.5. The fourth-order valence-electron chi connectivity index (χ4n) is 0. The predicted molar refractivity (Wildman–Crippen MR) is 108 cm³/mol. The van der Waals surface area contributed by atoms with Crippen LogP contribution in [0.15, 0.2) is 0 Å². The van der Waals surface area contributed by atoms with Crippen molar-refractivity contribution in [1.29, 1.82) is 0 Å². The predicted octanol–water partition coefficient (Wildman–Crippen LogP) is -0.360. The smallest absolute Gasteiger partial charge is 0.325 e. The van der Waals surface area contributed by atoms with Gasteiger partial charge in [-0.2, -0.15) is 0 Å². The molecule has 18 heteroatoms. The van der Waals surface area contributed by atoms with Crippen LogP contribution in [0.4, 0.5) is 0 Å². The molecular formula is C10H36N2O12P4. The minimum absolute atomic E-state index is 0.0625. The summed E-state index contributed by atoms with van der Waals surface area (Å²) in [5, 5.41) is 0. The first-order chi connectivity index (χ1) is 12.2. The topological polar surface area (TPSA) is 282 Å². The zero-order chi connectivity index (χ0) is 24.2. The van der Waals surface area contributed by atoms with Gasteiger partial charge < -0.3 is 50.6 Å². The van der Waals surface area contributed by atoms with E-state index in [-0.39, 0.29) is 24.6 Å². The van der Waals surface area contributed by atoms with Crippen molar-refractivity contribution in [1.82, 2.24) is 0 Å². The third-order valence-corrected chi connectivity index (χ3v) is 5.11. The maximum atomic E-state index is 9.69. The molecule has 0 radical (unpaired) electrons. The number of hydrogen-bond donors (Lipinski definition) is 10. The van der Waals surface area contributed by atoms with Crippen LogP contribution in [0.3, 0.4) is 0 Å². The molecule has 0 aromatic carbocycles. The van der Waals surface area contributed by atoms with E-state index in [1.165, 1.54) is 27.7 Å². The van der Waals surface area contributed by atoms with Gasteiger partial charge in [-0.05, 0) is 0 Å². The monoisotopic (exact) mass is 500 g/mol. The van der Waals surface area contributed by atoms with Crippen LogP contribution in [0.25, 0.3) is 0 Å². The first-order valence-electron chi connectivity index (χ1n) is 7.74. The van der Waals surface area contributed by atoms with E-state index >= 15 is 0 Å². The fraction of sp³-hybridized carbons (Fsp3) is 1.00. The minimum atomic E-state index is -3.65. The van der Waals surface area contributed by atoms with Gasteiger partial charge >= 0.3 is 30.4 Å². The van der Waals surface area contributed by atoms with Gasteiger partial charge in [0, 0.05) is 37.7 Å². The zero-order valence-corrected chi connectivity index (χ0v) is 20.0. The molecule has 0 spiro atoms. The fourth-order valence-corrected chi connectivity index (χ4v) is 0. The first-order valence-corrected chi connectivity index (χ1v) is 14.9. The van der Waals surface area contributed by atoms with Crippen molar-refractivity contribution in [2.75, 3.05) is 37.7 Å². The van der Waals surface area contributed by atoms with E-state index in [1.807, 2.05) is 0 Å². The maximum absolute atomic E-state index is 9.69. The summed E-state index contributed by atoms with van der Waals surface area (Å²) in [7, 11) is -14.6. The van der Waals surface area contributed by atoms with Crippen LogP contribution in [-0.4, -0.2) is 76.9 Å². The Labute approximate surface area is 165 Å². The van der Waals surface area contributed by atoms with Crippen molar-refractivity contribution < 1.29 is 57.4 Å². The van der Waals surface area contributed by atoms with E-state index in [9.17, 15) is 18.3 Å². The average molecular weight is 500 g/mol. The lowest BCUT2D eigenvalue weighted by molar-refractivity contribution is 0.372. The molecule has 0 atom stereocenters. The standard InChI is InChI=1S/C2H8N2.4C2H7O3P/c3-1-2-4;4*1-2-6(3,4)5/h1-4H2;4*2H2,1H3,(H2,3,4,5). The molecule has 0 amide bonds. The maximum Gasteiger partial charge on any atom is 0.325 e. The van der Waals surface area contributed by atoms with Crippen LogP contribution in [0, 0.1) is 0 Å². The largest absolute Gasteiger partial charge is 0.329 e. The molecule has 0 aliphatic heterocycles. The van der Waals surface area contributed by atoms with Crippen LogP contribution in [0.1, 0.15) is 27.7 Å². The first kappa shape index (κ1) is 39.0. The molecule has 12 N–H and O–H groups in total. The Morgan fingerprint density at radius 2 is 0.536 bits per heavy atom. The van der Waals surface area contributed by atoms with E-state index in [4.69, 9.17) is 50.6 Å². The summed E-state index contributed by atoms with van der Waals surface area (Å²) in [5.74, 6) is 0. The Kier molecular flexibility index (Phi) is 29.0. The van der Waals surface area contributed by atoms with Crippen LogP contribution in [0.5, 0.6) is 0 Å². The number of rotatable bonds is 5. The van der Waals surface area contributed by atoms with Gasteiger partial charge in [0.05, 0.1) is 0 Å². The Bertz CT molecular complexity index is 419. The van der Waals surface area contributed by atoms with Crippen molar-refractivity contribution >= 4 is 30.4 Å². The van der Waals surface area contributed by atoms with E-state index in [0.29, 0.717) is 13.1 Å². The van der Waals surface area contributed by atoms with Gasteiger partial charge in [0.1, 0.15) is 0 Å². The highest BCUT2D eigenvalue weighted by Gasteiger charge is 2.06. The molecule has 0 fully saturated rings. The lowest BCUT2D eigenvalue weighted by Crippen LogP contribution is -2.11. The molecule has 0 rings (SSSR count). The molecule has 0 aromatic rings. The molecule has 14 nitrogen and oxygen atoms in total. The summed E-state index contributed by atoms with van der Waals surface area (Å²) in [5.41, 5.74) is 9.81. The van der Waals surface area contributed by atoms with E-state index < -0.39 is 30.4 Å². The Morgan fingerprint density at radius 3 is 0.536 bits per heavy atom. The lowest BCUT2D eigenvalue weighted by Gasteiger charge is -1.92. The van der Waals surface area contributed by atoms with Crippen LogP contribution in [0.2, 0.25) is 0 Å². The Morgan fingerprint density at radius 1 is 0.464 bits per heavy atom. The van der Waals surface area contributed by atoms with Gasteiger partial charge in [0.25, 0.3) is 0 Å². The third-order valence-electron chi connectivity index (χ3n) is 1.81. The second kappa shape index (κ2) is 20.8. The second-order valence-electron chi connectivity index (χ2n) is 4.50. The number of hydrogen-bond acceptors (Lipinski definition) is 6. The molecule has 0 bridgehead atoms. The van der Waals surface area contributed by atoms with Gasteiger partial charge in [0.15, 0.2) is 0 Å². The van der Waals surface area contributed by atoms with Gasteiger partial charge in [-0.15, -0.1) is 0 Å². The summed E-state index contributed by atoms with van der Waals surface area (Å²) in [4.78, 5) is 63.5. The average Bonchev–Trinajstić information content (AvgIpc) is 2.54. The summed E-state index contributed by atoms with van der Waals surface area (Å²) >= 11 is 0. The molecule has 0 saturated carbocycles. The van der Waals surface area contributed by atoms with Gasteiger partial charge in [0.2, 0.25) is 0 Å². The quantitative estimate of drug-likeness (QED) is 0.216. The molecule has 0 aliphatic rings. The van der Waals surface area contributed by atoms with Gasteiger partial charge in [-0.3, -0.25) is 18.3 Å². The molecule has 178 valence electrons. The van der Waals surface area contributed by atoms with Crippen LogP contribution < -0.4 is 11.5 Å². The van der Waals surface area contributed by atoms with E-state index in [2.05, 4.69) is 0 Å². The molecule has 28 heavy (non-hydrogen) atoms. The lowest BCUT2D eigenvalue weighted by atomic mass is 10.7. The molecule has 0 saturated heterocycles. The van der Waals surface area contributed by atoms with Crippen molar-refractivity contribution in [3.63, 3.8) is 0 Å². The molecule has 0 aromatic heterocycles. The second-order valence-corrected chi connectivity index (χ2v) is 12.3. The Balaban J connectivity index is -0.0000000793. The highest BCUT2D eigenvalue weighted by atomic mass is 31.2. The normalized spacial score (nSPS) is 11.2. The van der Waals surface area contributed by atoms with Crippen molar-refractivity contribution in [2.45, 2.75) is 27.7 Å². The van der Waals surface area contributed by atoms with Crippen LogP contribution in [-0.2, 0) is 18.3 Å². The summed E-state index contributed by atoms with van der Waals surface area (Å²) < 4.78 is 38.8.